The number of halogens is 2. The Morgan fingerprint density at radius 2 is 1.56 bits per heavy atom. The summed E-state index contributed by atoms with van der Waals surface area (Å²) >= 11 is 12.5. The summed E-state index contributed by atoms with van der Waals surface area (Å²) in [5.74, 6) is -0.666. The number of carbonyl (C=O) groups excluding carboxylic acids is 2. The Morgan fingerprint density at radius 1 is 0.923 bits per heavy atom. The largest absolute Gasteiger partial charge is 0.354 e. The number of nitrogens with one attached hydrogen (secondary N) is 1. The monoisotopic (exact) mass is 589 g/mol. The van der Waals surface area contributed by atoms with Gasteiger partial charge < -0.3 is 10.2 Å². The number of hydrogen-bond donors (Lipinski definition) is 1. The Balaban J connectivity index is 2.03. The minimum Gasteiger partial charge on any atom is -0.354 e. The average Bonchev–Trinajstić information content (AvgIpc) is 2.90. The van der Waals surface area contributed by atoms with Gasteiger partial charge in [-0.05, 0) is 55.7 Å². The normalized spacial score (nSPS) is 12.2. The number of nitrogens with zero attached hydrogens (tertiary/aromatic N) is 2. The van der Waals surface area contributed by atoms with E-state index in [0.717, 1.165) is 15.4 Å². The van der Waals surface area contributed by atoms with Crippen molar-refractivity contribution in [1.82, 2.24) is 10.2 Å². The van der Waals surface area contributed by atoms with Gasteiger partial charge in [0.2, 0.25) is 11.8 Å². The second kappa shape index (κ2) is 13.3. The van der Waals surface area contributed by atoms with E-state index in [1.165, 1.54) is 35.2 Å². The fourth-order valence-electron chi connectivity index (χ4n) is 3.84. The molecular weight excluding hydrogens is 557 g/mol. The van der Waals surface area contributed by atoms with Gasteiger partial charge in [-0.2, -0.15) is 0 Å². The van der Waals surface area contributed by atoms with Gasteiger partial charge in [-0.15, -0.1) is 0 Å². The van der Waals surface area contributed by atoms with Crippen molar-refractivity contribution in [2.24, 2.45) is 5.92 Å². The first kappa shape index (κ1) is 30.5. The third-order valence-corrected chi connectivity index (χ3v) is 8.43. The molecule has 208 valence electrons. The molecule has 10 heteroatoms. The number of sulfonamides is 1. The molecule has 0 saturated carbocycles. The molecule has 0 aromatic heterocycles. The first-order valence-electron chi connectivity index (χ1n) is 12.6. The van der Waals surface area contributed by atoms with Crippen molar-refractivity contribution in [2.45, 2.75) is 45.2 Å². The van der Waals surface area contributed by atoms with Gasteiger partial charge in [0.05, 0.1) is 15.6 Å². The van der Waals surface area contributed by atoms with Crippen LogP contribution in [0.1, 0.15) is 31.9 Å². The van der Waals surface area contributed by atoms with Crippen LogP contribution in [0.4, 0.5) is 5.69 Å². The van der Waals surface area contributed by atoms with Crippen LogP contribution in [0.3, 0.4) is 0 Å². The quantitative estimate of drug-likeness (QED) is 0.311. The fourth-order valence-corrected chi connectivity index (χ4v) is 5.86. The Labute approximate surface area is 240 Å². The summed E-state index contributed by atoms with van der Waals surface area (Å²) in [4.78, 5) is 28.3. The number of carbonyl (C=O) groups is 2. The zero-order valence-electron chi connectivity index (χ0n) is 22.4. The maximum atomic E-state index is 13.9. The zero-order valence-corrected chi connectivity index (χ0v) is 24.7. The predicted octanol–water partition coefficient (Wildman–Crippen LogP) is 5.69. The van der Waals surface area contributed by atoms with Crippen LogP contribution in [-0.2, 0) is 26.2 Å². The van der Waals surface area contributed by atoms with E-state index in [-0.39, 0.29) is 34.0 Å². The summed E-state index contributed by atoms with van der Waals surface area (Å²) in [5.41, 5.74) is 1.96. The van der Waals surface area contributed by atoms with E-state index in [1.807, 2.05) is 45.0 Å². The molecule has 1 N–H and O–H groups in total. The molecule has 3 aromatic carbocycles. The van der Waals surface area contributed by atoms with Crippen LogP contribution in [0.2, 0.25) is 10.0 Å². The number of anilines is 1. The van der Waals surface area contributed by atoms with Gasteiger partial charge in [0, 0.05) is 18.1 Å². The van der Waals surface area contributed by atoms with Gasteiger partial charge in [-0.3, -0.25) is 13.9 Å². The minimum absolute atomic E-state index is 0.00312. The summed E-state index contributed by atoms with van der Waals surface area (Å²) in [6, 6.07) is 18.9. The maximum absolute atomic E-state index is 13.9. The van der Waals surface area contributed by atoms with Gasteiger partial charge >= 0.3 is 0 Å². The molecule has 3 aromatic rings. The molecule has 0 spiro atoms. The number of aryl methyl sites for hydroxylation is 1. The molecule has 0 heterocycles. The van der Waals surface area contributed by atoms with Crippen molar-refractivity contribution in [3.8, 4) is 0 Å². The molecule has 0 aliphatic rings. The lowest BCUT2D eigenvalue weighted by molar-refractivity contribution is -0.139. The van der Waals surface area contributed by atoms with Crippen LogP contribution >= 0.6 is 23.2 Å². The van der Waals surface area contributed by atoms with Gasteiger partial charge in [0.15, 0.2) is 0 Å². The average molecular weight is 591 g/mol. The molecule has 0 aliphatic heterocycles. The molecule has 3 rings (SSSR count). The smallest absolute Gasteiger partial charge is 0.264 e. The van der Waals surface area contributed by atoms with E-state index in [2.05, 4.69) is 5.32 Å². The lowest BCUT2D eigenvalue weighted by atomic mass is 10.1. The highest BCUT2D eigenvalue weighted by Gasteiger charge is 2.33. The van der Waals surface area contributed by atoms with Crippen molar-refractivity contribution in [3.05, 3.63) is 94.0 Å². The summed E-state index contributed by atoms with van der Waals surface area (Å²) in [6.45, 7) is 7.52. The highest BCUT2D eigenvalue weighted by atomic mass is 35.5. The molecule has 0 bridgehead atoms. The van der Waals surface area contributed by atoms with Gasteiger partial charge in [-0.1, -0.05) is 85.1 Å². The Hall–Kier alpha value is -3.07. The summed E-state index contributed by atoms with van der Waals surface area (Å²) in [5, 5.41) is 3.26. The summed E-state index contributed by atoms with van der Waals surface area (Å²) in [6.07, 6.45) is 0. The van der Waals surface area contributed by atoms with E-state index < -0.39 is 28.5 Å². The predicted molar refractivity (Wildman–Crippen MR) is 156 cm³/mol. The van der Waals surface area contributed by atoms with Gasteiger partial charge in [0.25, 0.3) is 10.0 Å². The van der Waals surface area contributed by atoms with Crippen LogP contribution in [0.5, 0.6) is 0 Å². The SMILES string of the molecule is Cc1ccc(CN(C(=O)CN(c2ccc(Cl)cc2Cl)S(=O)(=O)c2ccccc2)C(C)C(=O)NCC(C)C)cc1. The fraction of sp³-hybridized carbons (Fsp3) is 0.310. The molecule has 0 radical (unpaired) electrons. The van der Waals surface area contributed by atoms with E-state index in [4.69, 9.17) is 23.2 Å². The molecule has 0 aliphatic carbocycles. The molecule has 0 fully saturated rings. The van der Waals surface area contributed by atoms with Crippen molar-refractivity contribution in [1.29, 1.82) is 0 Å². The highest BCUT2D eigenvalue weighted by molar-refractivity contribution is 7.92. The third-order valence-electron chi connectivity index (χ3n) is 6.11. The van der Waals surface area contributed by atoms with Crippen LogP contribution in [0.15, 0.2) is 77.7 Å². The standard InChI is InChI=1S/C29H33Cl2N3O4S/c1-20(2)17-32-29(36)22(4)33(18-23-12-10-21(3)11-13-23)28(35)19-34(27-15-14-24(30)16-26(27)31)39(37,38)25-8-6-5-7-9-25/h5-16,20,22H,17-19H2,1-4H3,(H,32,36). The van der Waals surface area contributed by atoms with Crippen molar-refractivity contribution in [2.75, 3.05) is 17.4 Å². The second-order valence-electron chi connectivity index (χ2n) is 9.74. The molecule has 7 nitrogen and oxygen atoms in total. The second-order valence-corrected chi connectivity index (χ2v) is 12.4. The minimum atomic E-state index is -4.21. The Morgan fingerprint density at radius 3 is 2.15 bits per heavy atom. The van der Waals surface area contributed by atoms with E-state index in [1.54, 1.807) is 25.1 Å². The molecule has 1 atom stereocenters. The van der Waals surface area contributed by atoms with E-state index in [9.17, 15) is 18.0 Å². The van der Waals surface area contributed by atoms with E-state index in [0.29, 0.717) is 11.6 Å². The molecule has 2 amide bonds. The first-order valence-corrected chi connectivity index (χ1v) is 14.7. The summed E-state index contributed by atoms with van der Waals surface area (Å²) in [7, 11) is -4.21. The molecule has 0 saturated heterocycles. The van der Waals surface area contributed by atoms with Gasteiger partial charge in [0.1, 0.15) is 12.6 Å². The highest BCUT2D eigenvalue weighted by Crippen LogP contribution is 2.33. The van der Waals surface area contributed by atoms with Crippen LogP contribution < -0.4 is 9.62 Å². The molecular formula is C29H33Cl2N3O4S. The topological polar surface area (TPSA) is 86.8 Å². The van der Waals surface area contributed by atoms with Crippen LogP contribution in [-0.4, -0.2) is 44.3 Å². The van der Waals surface area contributed by atoms with Crippen molar-refractivity contribution < 1.29 is 18.0 Å². The molecule has 1 unspecified atom stereocenters. The third kappa shape index (κ3) is 7.97. The lowest BCUT2D eigenvalue weighted by Gasteiger charge is -2.32. The molecule has 39 heavy (non-hydrogen) atoms. The van der Waals surface area contributed by atoms with Crippen molar-refractivity contribution >= 4 is 50.7 Å². The number of rotatable bonds is 11. The van der Waals surface area contributed by atoms with Crippen molar-refractivity contribution in [3.63, 3.8) is 0 Å². The van der Waals surface area contributed by atoms with E-state index >= 15 is 0 Å². The number of benzene rings is 3. The number of amides is 2. The Kier molecular flexibility index (Phi) is 10.4. The van der Waals surface area contributed by atoms with Crippen LogP contribution in [0.25, 0.3) is 0 Å². The number of hydrogen-bond acceptors (Lipinski definition) is 4. The maximum Gasteiger partial charge on any atom is 0.264 e. The first-order chi connectivity index (χ1) is 18.4. The van der Waals surface area contributed by atoms with Gasteiger partial charge in [-0.25, -0.2) is 8.42 Å². The summed E-state index contributed by atoms with van der Waals surface area (Å²) < 4.78 is 28.5. The lowest BCUT2D eigenvalue weighted by Crippen LogP contribution is -2.51. The zero-order chi connectivity index (χ0) is 28.7. The van der Waals surface area contributed by atoms with Crippen LogP contribution in [0, 0.1) is 12.8 Å². The Bertz CT molecular complexity index is 1400.